The standard InChI is InChI=1S/C18H21F3N2O4/c1-12-3-2-8-23(10-12)15(24)11-27-16(25)9-22-17(26)13-4-6-14(7-5-13)18(19,20)21/h4-7,12H,2-3,8-11H2,1H3,(H,22,26)/t12-/m0/s1. The highest BCUT2D eigenvalue weighted by Crippen LogP contribution is 2.29. The zero-order chi connectivity index (χ0) is 20.0. The van der Waals surface area contributed by atoms with Crippen molar-refractivity contribution in [3.63, 3.8) is 0 Å². The first-order chi connectivity index (χ1) is 12.7. The summed E-state index contributed by atoms with van der Waals surface area (Å²) in [5.41, 5.74) is -0.891. The van der Waals surface area contributed by atoms with E-state index in [1.165, 1.54) is 0 Å². The summed E-state index contributed by atoms with van der Waals surface area (Å²) < 4.78 is 42.3. The fourth-order valence-corrected chi connectivity index (χ4v) is 2.77. The Hall–Kier alpha value is -2.58. The van der Waals surface area contributed by atoms with Crippen LogP contribution in [0, 0.1) is 5.92 Å². The maximum Gasteiger partial charge on any atom is 0.416 e. The lowest BCUT2D eigenvalue weighted by molar-refractivity contribution is -0.151. The van der Waals surface area contributed by atoms with Gasteiger partial charge in [-0.2, -0.15) is 13.2 Å². The van der Waals surface area contributed by atoms with Crippen LogP contribution in [0.25, 0.3) is 0 Å². The summed E-state index contributed by atoms with van der Waals surface area (Å²) in [5.74, 6) is -1.39. The van der Waals surface area contributed by atoms with Gasteiger partial charge in [-0.1, -0.05) is 6.92 Å². The number of halogens is 3. The molecule has 1 aromatic carbocycles. The molecule has 0 aliphatic carbocycles. The lowest BCUT2D eigenvalue weighted by atomic mass is 10.0. The van der Waals surface area contributed by atoms with Gasteiger partial charge in [-0.3, -0.25) is 14.4 Å². The van der Waals surface area contributed by atoms with Crippen molar-refractivity contribution in [3.8, 4) is 0 Å². The molecular weight excluding hydrogens is 365 g/mol. The molecule has 1 N–H and O–H groups in total. The molecule has 27 heavy (non-hydrogen) atoms. The number of nitrogens with zero attached hydrogens (tertiary/aromatic N) is 1. The number of carbonyl (C=O) groups excluding carboxylic acids is 3. The van der Waals surface area contributed by atoms with E-state index >= 15 is 0 Å². The van der Waals surface area contributed by atoms with E-state index in [2.05, 4.69) is 5.32 Å². The number of rotatable bonds is 5. The minimum atomic E-state index is -4.49. The van der Waals surface area contributed by atoms with Crippen LogP contribution in [0.1, 0.15) is 35.7 Å². The average Bonchev–Trinajstić information content (AvgIpc) is 2.63. The van der Waals surface area contributed by atoms with Crippen molar-refractivity contribution in [1.82, 2.24) is 10.2 Å². The molecule has 1 aromatic rings. The van der Waals surface area contributed by atoms with Crippen LogP contribution >= 0.6 is 0 Å². The molecule has 0 aromatic heterocycles. The Kier molecular flexibility index (Phi) is 6.81. The van der Waals surface area contributed by atoms with Gasteiger partial charge in [-0.05, 0) is 43.0 Å². The fourth-order valence-electron chi connectivity index (χ4n) is 2.77. The summed E-state index contributed by atoms with van der Waals surface area (Å²) >= 11 is 0. The number of hydrogen-bond acceptors (Lipinski definition) is 4. The highest BCUT2D eigenvalue weighted by atomic mass is 19.4. The van der Waals surface area contributed by atoms with E-state index in [-0.39, 0.29) is 11.5 Å². The van der Waals surface area contributed by atoms with E-state index in [0.29, 0.717) is 19.0 Å². The Bertz CT molecular complexity index is 689. The molecule has 9 heteroatoms. The molecule has 1 atom stereocenters. The molecular formula is C18H21F3N2O4. The summed E-state index contributed by atoms with van der Waals surface area (Å²) in [6.07, 6.45) is -2.53. The zero-order valence-electron chi connectivity index (χ0n) is 14.8. The number of nitrogens with one attached hydrogen (secondary N) is 1. The second kappa shape index (κ2) is 8.88. The van der Waals surface area contributed by atoms with Gasteiger partial charge in [0.05, 0.1) is 5.56 Å². The van der Waals surface area contributed by atoms with Gasteiger partial charge in [0.15, 0.2) is 6.61 Å². The predicted octanol–water partition coefficient (Wildman–Crippen LogP) is 2.24. The average molecular weight is 386 g/mol. The molecule has 6 nitrogen and oxygen atoms in total. The Balaban J connectivity index is 1.74. The summed E-state index contributed by atoms with van der Waals surface area (Å²) in [4.78, 5) is 37.1. The summed E-state index contributed by atoms with van der Waals surface area (Å²) in [6.45, 7) is 2.42. The molecule has 0 spiro atoms. The lowest BCUT2D eigenvalue weighted by Gasteiger charge is -2.30. The van der Waals surface area contributed by atoms with Crippen LogP contribution in [0.4, 0.5) is 13.2 Å². The van der Waals surface area contributed by atoms with E-state index in [9.17, 15) is 27.6 Å². The van der Waals surface area contributed by atoms with Gasteiger partial charge in [-0.15, -0.1) is 0 Å². The first-order valence-corrected chi connectivity index (χ1v) is 8.55. The third kappa shape index (κ3) is 6.26. The third-order valence-corrected chi connectivity index (χ3v) is 4.23. The van der Waals surface area contributed by atoms with E-state index in [4.69, 9.17) is 4.74 Å². The van der Waals surface area contributed by atoms with Crippen molar-refractivity contribution in [2.24, 2.45) is 5.92 Å². The normalized spacial score (nSPS) is 17.3. The lowest BCUT2D eigenvalue weighted by Crippen LogP contribution is -2.42. The summed E-state index contributed by atoms with van der Waals surface area (Å²) in [6, 6.07) is 3.60. The fraction of sp³-hybridized carbons (Fsp3) is 0.500. The monoisotopic (exact) mass is 386 g/mol. The highest BCUT2D eigenvalue weighted by molar-refractivity contribution is 5.96. The van der Waals surface area contributed by atoms with Crippen molar-refractivity contribution in [2.45, 2.75) is 25.9 Å². The molecule has 1 fully saturated rings. The molecule has 1 aliphatic rings. The predicted molar refractivity (Wildman–Crippen MR) is 89.7 cm³/mol. The molecule has 148 valence electrons. The van der Waals surface area contributed by atoms with Gasteiger partial charge >= 0.3 is 12.1 Å². The van der Waals surface area contributed by atoms with Crippen LogP contribution in [-0.4, -0.2) is 48.9 Å². The van der Waals surface area contributed by atoms with E-state index < -0.39 is 36.8 Å². The van der Waals surface area contributed by atoms with Crippen molar-refractivity contribution in [2.75, 3.05) is 26.2 Å². The first kappa shape index (κ1) is 20.7. The Morgan fingerprint density at radius 3 is 2.48 bits per heavy atom. The third-order valence-electron chi connectivity index (χ3n) is 4.23. The molecule has 1 aliphatic heterocycles. The Labute approximate surface area is 154 Å². The molecule has 1 saturated heterocycles. The smallest absolute Gasteiger partial charge is 0.416 e. The van der Waals surface area contributed by atoms with Gasteiger partial charge < -0.3 is 15.0 Å². The Morgan fingerprint density at radius 2 is 1.89 bits per heavy atom. The molecule has 0 saturated carbocycles. The molecule has 2 amide bonds. The van der Waals surface area contributed by atoms with Crippen LogP contribution in [0.5, 0.6) is 0 Å². The second-order valence-corrected chi connectivity index (χ2v) is 6.51. The maximum atomic E-state index is 12.5. The molecule has 0 radical (unpaired) electrons. The van der Waals surface area contributed by atoms with Crippen LogP contribution in [0.15, 0.2) is 24.3 Å². The second-order valence-electron chi connectivity index (χ2n) is 6.51. The van der Waals surface area contributed by atoms with E-state index in [1.807, 2.05) is 6.92 Å². The number of esters is 1. The van der Waals surface area contributed by atoms with E-state index in [1.54, 1.807) is 4.90 Å². The maximum absolute atomic E-state index is 12.5. The number of ether oxygens (including phenoxy) is 1. The van der Waals surface area contributed by atoms with Crippen LogP contribution in [0.2, 0.25) is 0 Å². The van der Waals surface area contributed by atoms with Gasteiger partial charge in [0.1, 0.15) is 6.54 Å². The Morgan fingerprint density at radius 1 is 1.22 bits per heavy atom. The molecule has 2 rings (SSSR count). The van der Waals surface area contributed by atoms with E-state index in [0.717, 1.165) is 37.1 Å². The van der Waals surface area contributed by atoms with Gasteiger partial charge in [0.2, 0.25) is 0 Å². The minimum Gasteiger partial charge on any atom is -0.454 e. The highest BCUT2D eigenvalue weighted by Gasteiger charge is 2.30. The number of piperidine rings is 1. The van der Waals surface area contributed by atoms with Gasteiger partial charge in [0, 0.05) is 18.7 Å². The quantitative estimate of drug-likeness (QED) is 0.788. The van der Waals surface area contributed by atoms with Crippen LogP contribution < -0.4 is 5.32 Å². The van der Waals surface area contributed by atoms with Crippen LogP contribution in [0.3, 0.4) is 0 Å². The van der Waals surface area contributed by atoms with Gasteiger partial charge in [-0.25, -0.2) is 0 Å². The number of hydrogen-bond donors (Lipinski definition) is 1. The van der Waals surface area contributed by atoms with Crippen molar-refractivity contribution < 1.29 is 32.3 Å². The number of amides is 2. The number of likely N-dealkylation sites (tertiary alicyclic amines) is 1. The van der Waals surface area contributed by atoms with Crippen LogP contribution in [-0.2, 0) is 20.5 Å². The van der Waals surface area contributed by atoms with Gasteiger partial charge in [0.25, 0.3) is 11.8 Å². The van der Waals surface area contributed by atoms with Crippen molar-refractivity contribution in [3.05, 3.63) is 35.4 Å². The van der Waals surface area contributed by atoms with Crippen molar-refractivity contribution in [1.29, 1.82) is 0 Å². The summed E-state index contributed by atoms with van der Waals surface area (Å²) in [5, 5.41) is 2.25. The topological polar surface area (TPSA) is 75.7 Å². The molecule has 0 bridgehead atoms. The molecule has 0 unspecified atom stereocenters. The molecule has 1 heterocycles. The summed E-state index contributed by atoms with van der Waals surface area (Å²) in [7, 11) is 0. The number of alkyl halides is 3. The first-order valence-electron chi connectivity index (χ1n) is 8.55. The largest absolute Gasteiger partial charge is 0.454 e. The van der Waals surface area contributed by atoms with Crippen molar-refractivity contribution >= 4 is 17.8 Å². The number of carbonyl (C=O) groups is 3. The SMILES string of the molecule is C[C@H]1CCCN(C(=O)COC(=O)CNC(=O)c2ccc(C(F)(F)F)cc2)C1. The minimum absolute atomic E-state index is 0.0193. The number of benzene rings is 1. The zero-order valence-corrected chi connectivity index (χ0v) is 14.8.